The SMILES string of the molecule is Cc1cc(C)c(Br)c(C(=O)N(C(C)C)C(C)C)c1. The smallest absolute Gasteiger partial charge is 0.255 e. The van der Waals surface area contributed by atoms with Crippen LogP contribution < -0.4 is 0 Å². The average molecular weight is 312 g/mol. The molecule has 0 unspecified atom stereocenters. The fourth-order valence-corrected chi connectivity index (χ4v) is 2.71. The monoisotopic (exact) mass is 311 g/mol. The van der Waals surface area contributed by atoms with Crippen LogP contribution in [0.2, 0.25) is 0 Å². The lowest BCUT2D eigenvalue weighted by Gasteiger charge is -2.31. The molecule has 0 bridgehead atoms. The molecule has 0 aliphatic rings. The van der Waals surface area contributed by atoms with Gasteiger partial charge in [-0.25, -0.2) is 0 Å². The third-order valence-corrected chi connectivity index (χ3v) is 4.03. The van der Waals surface area contributed by atoms with Gasteiger partial charge in [0.1, 0.15) is 0 Å². The molecule has 0 aromatic heterocycles. The van der Waals surface area contributed by atoms with Gasteiger partial charge in [0.25, 0.3) is 5.91 Å². The van der Waals surface area contributed by atoms with Crippen LogP contribution in [0.1, 0.15) is 49.2 Å². The summed E-state index contributed by atoms with van der Waals surface area (Å²) in [4.78, 5) is 14.6. The van der Waals surface area contributed by atoms with Crippen LogP contribution in [0.25, 0.3) is 0 Å². The van der Waals surface area contributed by atoms with Gasteiger partial charge in [0.05, 0.1) is 5.56 Å². The first kappa shape index (κ1) is 15.2. The third-order valence-electron chi connectivity index (χ3n) is 2.98. The standard InChI is InChI=1S/C15H22BrNO/c1-9(2)17(10(3)4)15(18)13-8-11(5)7-12(6)14(13)16/h7-10H,1-6H3. The van der Waals surface area contributed by atoms with Gasteiger partial charge in [0.2, 0.25) is 0 Å². The molecule has 0 saturated heterocycles. The maximum absolute atomic E-state index is 12.6. The zero-order valence-corrected chi connectivity index (χ0v) is 13.6. The van der Waals surface area contributed by atoms with E-state index in [4.69, 9.17) is 0 Å². The van der Waals surface area contributed by atoms with Crippen molar-refractivity contribution >= 4 is 21.8 Å². The highest BCUT2D eigenvalue weighted by atomic mass is 79.9. The Bertz CT molecular complexity index is 444. The molecule has 0 N–H and O–H groups in total. The Balaban J connectivity index is 3.25. The number of halogens is 1. The van der Waals surface area contributed by atoms with Gasteiger partial charge in [-0.2, -0.15) is 0 Å². The third kappa shape index (κ3) is 3.14. The Morgan fingerprint density at radius 2 is 1.61 bits per heavy atom. The second-order valence-corrected chi connectivity index (χ2v) is 6.14. The normalized spacial score (nSPS) is 11.2. The van der Waals surface area contributed by atoms with E-state index in [0.717, 1.165) is 21.2 Å². The largest absolute Gasteiger partial charge is 0.334 e. The van der Waals surface area contributed by atoms with Crippen LogP contribution in [-0.2, 0) is 0 Å². The van der Waals surface area contributed by atoms with Gasteiger partial charge >= 0.3 is 0 Å². The number of rotatable bonds is 3. The summed E-state index contributed by atoms with van der Waals surface area (Å²) in [6.45, 7) is 12.2. The summed E-state index contributed by atoms with van der Waals surface area (Å²) in [5.41, 5.74) is 2.98. The zero-order valence-electron chi connectivity index (χ0n) is 12.0. The van der Waals surface area contributed by atoms with Crippen molar-refractivity contribution in [1.82, 2.24) is 4.90 Å². The van der Waals surface area contributed by atoms with Gasteiger partial charge in [-0.15, -0.1) is 0 Å². The summed E-state index contributed by atoms with van der Waals surface area (Å²) in [6.07, 6.45) is 0. The minimum absolute atomic E-state index is 0.0960. The van der Waals surface area contributed by atoms with Gasteiger partial charge < -0.3 is 4.90 Å². The lowest BCUT2D eigenvalue weighted by atomic mass is 10.0. The summed E-state index contributed by atoms with van der Waals surface area (Å²) >= 11 is 3.53. The van der Waals surface area contributed by atoms with Gasteiger partial charge in [-0.1, -0.05) is 6.07 Å². The molecule has 1 amide bonds. The summed E-state index contributed by atoms with van der Waals surface area (Å²) in [5.74, 6) is 0.0960. The van der Waals surface area contributed by atoms with Gasteiger partial charge in [0.15, 0.2) is 0 Å². The molecule has 0 atom stereocenters. The van der Waals surface area contributed by atoms with Crippen LogP contribution in [0.4, 0.5) is 0 Å². The first-order valence-corrected chi connectivity index (χ1v) is 7.14. The highest BCUT2D eigenvalue weighted by Gasteiger charge is 2.23. The number of carbonyl (C=O) groups is 1. The van der Waals surface area contributed by atoms with E-state index in [-0.39, 0.29) is 18.0 Å². The van der Waals surface area contributed by atoms with Gasteiger partial charge in [0, 0.05) is 16.6 Å². The van der Waals surface area contributed by atoms with E-state index in [1.165, 1.54) is 0 Å². The van der Waals surface area contributed by atoms with E-state index in [1.54, 1.807) is 0 Å². The molecular formula is C15H22BrNO. The average Bonchev–Trinajstić information content (AvgIpc) is 2.22. The Labute approximate surface area is 119 Å². The molecule has 0 aliphatic carbocycles. The number of nitrogens with zero attached hydrogens (tertiary/aromatic N) is 1. The number of hydrogen-bond donors (Lipinski definition) is 0. The van der Waals surface area contributed by atoms with Crippen LogP contribution in [-0.4, -0.2) is 22.9 Å². The molecule has 0 heterocycles. The van der Waals surface area contributed by atoms with E-state index in [9.17, 15) is 4.79 Å². The Hall–Kier alpha value is -0.830. The van der Waals surface area contributed by atoms with E-state index < -0.39 is 0 Å². The van der Waals surface area contributed by atoms with Crippen LogP contribution >= 0.6 is 15.9 Å². The van der Waals surface area contributed by atoms with Crippen LogP contribution in [0, 0.1) is 13.8 Å². The lowest BCUT2D eigenvalue weighted by Crippen LogP contribution is -2.42. The second-order valence-electron chi connectivity index (χ2n) is 5.34. The van der Waals surface area contributed by atoms with Crippen molar-refractivity contribution in [2.24, 2.45) is 0 Å². The number of hydrogen-bond acceptors (Lipinski definition) is 1. The van der Waals surface area contributed by atoms with Crippen molar-refractivity contribution < 1.29 is 4.79 Å². The Morgan fingerprint density at radius 1 is 1.11 bits per heavy atom. The predicted octanol–water partition coefficient (Wildman–Crippen LogP) is 4.32. The van der Waals surface area contributed by atoms with Crippen molar-refractivity contribution in [2.45, 2.75) is 53.6 Å². The fraction of sp³-hybridized carbons (Fsp3) is 0.533. The minimum Gasteiger partial charge on any atom is -0.334 e. The van der Waals surface area contributed by atoms with E-state index in [2.05, 4.69) is 49.7 Å². The predicted molar refractivity (Wildman–Crippen MR) is 80.1 cm³/mol. The molecule has 0 radical (unpaired) electrons. The molecule has 18 heavy (non-hydrogen) atoms. The second kappa shape index (κ2) is 5.87. The maximum atomic E-state index is 12.6. The zero-order chi connectivity index (χ0) is 14.0. The van der Waals surface area contributed by atoms with Crippen LogP contribution in [0.15, 0.2) is 16.6 Å². The van der Waals surface area contributed by atoms with E-state index >= 15 is 0 Å². The number of amides is 1. The maximum Gasteiger partial charge on any atom is 0.255 e. The molecule has 2 nitrogen and oxygen atoms in total. The summed E-state index contributed by atoms with van der Waals surface area (Å²) < 4.78 is 0.907. The lowest BCUT2D eigenvalue weighted by molar-refractivity contribution is 0.0642. The highest BCUT2D eigenvalue weighted by molar-refractivity contribution is 9.10. The number of carbonyl (C=O) groups excluding carboxylic acids is 1. The summed E-state index contributed by atoms with van der Waals surface area (Å²) in [7, 11) is 0. The molecule has 0 aliphatic heterocycles. The summed E-state index contributed by atoms with van der Waals surface area (Å²) in [5, 5.41) is 0. The molecule has 3 heteroatoms. The fourth-order valence-electron chi connectivity index (χ4n) is 2.31. The van der Waals surface area contributed by atoms with Crippen molar-refractivity contribution in [1.29, 1.82) is 0 Å². The van der Waals surface area contributed by atoms with Crippen LogP contribution in [0.5, 0.6) is 0 Å². The molecular weight excluding hydrogens is 290 g/mol. The molecule has 1 aromatic carbocycles. The molecule has 100 valence electrons. The number of benzene rings is 1. The molecule has 0 spiro atoms. The molecule has 1 rings (SSSR count). The minimum atomic E-state index is 0.0960. The van der Waals surface area contributed by atoms with Crippen molar-refractivity contribution in [3.63, 3.8) is 0 Å². The Kier molecular flexibility index (Phi) is 4.97. The van der Waals surface area contributed by atoms with Gasteiger partial charge in [-0.05, 0) is 74.7 Å². The van der Waals surface area contributed by atoms with Crippen LogP contribution in [0.3, 0.4) is 0 Å². The van der Waals surface area contributed by atoms with Gasteiger partial charge in [-0.3, -0.25) is 4.79 Å². The summed E-state index contributed by atoms with van der Waals surface area (Å²) in [6, 6.07) is 4.43. The Morgan fingerprint density at radius 3 is 2.06 bits per heavy atom. The highest BCUT2D eigenvalue weighted by Crippen LogP contribution is 2.25. The first-order chi connectivity index (χ1) is 8.25. The number of aryl methyl sites for hydroxylation is 2. The van der Waals surface area contributed by atoms with Crippen molar-refractivity contribution in [3.8, 4) is 0 Å². The van der Waals surface area contributed by atoms with Crippen molar-refractivity contribution in [2.75, 3.05) is 0 Å². The molecule has 0 fully saturated rings. The quantitative estimate of drug-likeness (QED) is 0.814. The van der Waals surface area contributed by atoms with E-state index in [0.29, 0.717) is 0 Å². The molecule has 1 aromatic rings. The molecule has 0 saturated carbocycles. The van der Waals surface area contributed by atoms with E-state index in [1.807, 2.05) is 24.8 Å². The van der Waals surface area contributed by atoms with Crippen molar-refractivity contribution in [3.05, 3.63) is 33.3 Å². The topological polar surface area (TPSA) is 20.3 Å². The first-order valence-electron chi connectivity index (χ1n) is 6.35.